The van der Waals surface area contributed by atoms with Crippen LogP contribution in [-0.4, -0.2) is 3.21 Å². The summed E-state index contributed by atoms with van der Waals surface area (Å²) in [4.78, 5) is 0. The second kappa shape index (κ2) is 17.1. The molecule has 0 radical (unpaired) electrons. The molecule has 3 rings (SSSR count). The monoisotopic (exact) mass is 609 g/mol. The van der Waals surface area contributed by atoms with Crippen molar-refractivity contribution in [3.8, 4) is 0 Å². The zero-order valence-electron chi connectivity index (χ0n) is 25.5. The van der Waals surface area contributed by atoms with Gasteiger partial charge in [0.05, 0.1) is 0 Å². The van der Waals surface area contributed by atoms with Crippen molar-refractivity contribution in [3.63, 3.8) is 0 Å². The number of aryl methyl sites for hydroxylation is 3. The predicted octanol–water partition coefficient (Wildman–Crippen LogP) is 10.6. The Kier molecular flexibility index (Phi) is 18.9. The van der Waals surface area contributed by atoms with Crippen LogP contribution in [0.1, 0.15) is 110 Å². The van der Waals surface area contributed by atoms with Crippen molar-refractivity contribution in [2.45, 2.75) is 113 Å². The fourth-order valence-corrected chi connectivity index (χ4v) is 3.09. The molecule has 0 aliphatic carbocycles. The molecular weight excluding hydrogens is 558 g/mol. The average molecular weight is 612 g/mol. The van der Waals surface area contributed by atoms with Crippen LogP contribution in [0.3, 0.4) is 0 Å². The minimum Gasteiger partial charge on any atom is -0.207 e. The number of rotatable bonds is 0. The molecule has 3 aromatic rings. The van der Waals surface area contributed by atoms with Crippen LogP contribution >= 0.6 is 24.8 Å². The Bertz CT molecular complexity index is 852. The molecule has 0 saturated carbocycles. The standard InChI is InChI=1S/3C10H15.C3H6.2ClH.Zr/c3*1-8-5-6-9(7-8)10(2,3)4;1-3-2;;;/h3*5-7H,1-4H3;1-2H3;2*1H;/q3*-1;;;;. The SMILES string of the molecule is C[C](C)=[Zr].Cc1cc(C(C)(C)C)c[cH-]1.Cc1cc(C(C)(C)C)c[cH-]1.Cc1cc(C(C)(C)C)c[cH-]1.Cl.Cl. The second-order valence-electron chi connectivity index (χ2n) is 12.8. The molecule has 0 aliphatic rings. The Labute approximate surface area is 251 Å². The topological polar surface area (TPSA) is 0 Å². The van der Waals surface area contributed by atoms with E-state index in [0.717, 1.165) is 0 Å². The first-order chi connectivity index (χ1) is 15.2. The molecule has 0 N–H and O–H groups in total. The molecule has 3 aromatic carbocycles. The Hall–Kier alpha value is -0.617. The molecule has 0 amide bonds. The van der Waals surface area contributed by atoms with Crippen molar-refractivity contribution in [3.05, 3.63) is 88.0 Å². The van der Waals surface area contributed by atoms with E-state index in [0.29, 0.717) is 16.2 Å². The van der Waals surface area contributed by atoms with Crippen molar-refractivity contribution in [1.29, 1.82) is 0 Å². The van der Waals surface area contributed by atoms with Crippen LogP contribution in [0.4, 0.5) is 0 Å². The summed E-state index contributed by atoms with van der Waals surface area (Å²) < 4.78 is 1.51. The van der Waals surface area contributed by atoms with Crippen LogP contribution < -0.4 is 0 Å². The van der Waals surface area contributed by atoms with Crippen LogP contribution in [0.5, 0.6) is 0 Å². The maximum Gasteiger partial charge on any atom is -0.0635 e. The summed E-state index contributed by atoms with van der Waals surface area (Å²) in [6.45, 7) is 30.8. The Balaban J connectivity index is -0.000000412. The summed E-state index contributed by atoms with van der Waals surface area (Å²) in [5.41, 5.74) is 9.34. The maximum atomic E-state index is 2.25. The van der Waals surface area contributed by atoms with Gasteiger partial charge in [0.2, 0.25) is 0 Å². The van der Waals surface area contributed by atoms with Crippen molar-refractivity contribution >= 4 is 28.0 Å². The van der Waals surface area contributed by atoms with Crippen molar-refractivity contribution in [2.75, 3.05) is 0 Å². The van der Waals surface area contributed by atoms with E-state index in [1.165, 1.54) is 36.6 Å². The molecule has 0 saturated heterocycles. The van der Waals surface area contributed by atoms with Gasteiger partial charge in [0.25, 0.3) is 0 Å². The molecule has 0 nitrogen and oxygen atoms in total. The molecule has 0 aliphatic heterocycles. The van der Waals surface area contributed by atoms with Crippen LogP contribution in [0.15, 0.2) is 54.6 Å². The molecular formula is C33H53Cl2Zr-3. The van der Waals surface area contributed by atoms with E-state index in [4.69, 9.17) is 0 Å². The molecule has 0 heterocycles. The van der Waals surface area contributed by atoms with Gasteiger partial charge >= 0.3 is 41.3 Å². The summed E-state index contributed by atoms with van der Waals surface area (Å²) in [5.74, 6) is 0. The Morgan fingerprint density at radius 3 is 0.750 bits per heavy atom. The first-order valence-electron chi connectivity index (χ1n) is 12.5. The fourth-order valence-electron chi connectivity index (χ4n) is 3.09. The third-order valence-corrected chi connectivity index (χ3v) is 5.32. The Morgan fingerprint density at radius 1 is 0.528 bits per heavy atom. The first kappa shape index (κ1) is 39.9. The first-order valence-corrected chi connectivity index (χ1v) is 13.7. The van der Waals surface area contributed by atoms with Crippen molar-refractivity contribution in [1.82, 2.24) is 0 Å². The van der Waals surface area contributed by atoms with E-state index < -0.39 is 0 Å². The van der Waals surface area contributed by atoms with E-state index in [1.807, 2.05) is 0 Å². The third kappa shape index (κ3) is 17.8. The number of halogens is 2. The van der Waals surface area contributed by atoms with Crippen LogP contribution in [-0.2, 0) is 40.5 Å². The van der Waals surface area contributed by atoms with E-state index in [1.54, 1.807) is 24.2 Å². The summed E-state index contributed by atoms with van der Waals surface area (Å²) >= 11 is 1.55. The van der Waals surface area contributed by atoms with E-state index in [9.17, 15) is 0 Å². The number of hydrogen-bond acceptors (Lipinski definition) is 0. The minimum atomic E-state index is 0. The van der Waals surface area contributed by atoms with E-state index >= 15 is 0 Å². The van der Waals surface area contributed by atoms with Gasteiger partial charge < -0.3 is 0 Å². The summed E-state index contributed by atoms with van der Waals surface area (Å²) in [5, 5.41) is 0. The molecule has 0 bridgehead atoms. The van der Waals surface area contributed by atoms with Gasteiger partial charge in [-0.15, -0.1) is 24.8 Å². The van der Waals surface area contributed by atoms with Gasteiger partial charge in [-0.2, -0.15) is 69.8 Å². The molecule has 36 heavy (non-hydrogen) atoms. The molecule has 206 valence electrons. The second-order valence-corrected chi connectivity index (χ2v) is 15.2. The number of hydrogen-bond donors (Lipinski definition) is 0. The minimum absolute atomic E-state index is 0. The predicted molar refractivity (Wildman–Crippen MR) is 167 cm³/mol. The maximum absolute atomic E-state index is 2.25. The summed E-state index contributed by atoms with van der Waals surface area (Å²) in [7, 11) is 0. The van der Waals surface area contributed by atoms with Crippen molar-refractivity contribution in [2.24, 2.45) is 0 Å². The van der Waals surface area contributed by atoms with Gasteiger partial charge in [-0.1, -0.05) is 99.3 Å². The molecule has 3 heteroatoms. The molecule has 0 spiro atoms. The van der Waals surface area contributed by atoms with Crippen molar-refractivity contribution < 1.29 is 24.2 Å². The zero-order chi connectivity index (χ0) is 26.9. The van der Waals surface area contributed by atoms with Gasteiger partial charge in [-0.25, -0.2) is 18.2 Å². The Morgan fingerprint density at radius 2 is 0.694 bits per heavy atom. The quantitative estimate of drug-likeness (QED) is 0.222. The summed E-state index contributed by atoms with van der Waals surface area (Å²) in [6.07, 6.45) is 0. The smallest absolute Gasteiger partial charge is 0.0635 e. The molecule has 0 atom stereocenters. The molecule has 0 fully saturated rings. The van der Waals surface area contributed by atoms with Crippen LogP contribution in [0.2, 0.25) is 0 Å². The van der Waals surface area contributed by atoms with Crippen LogP contribution in [0, 0.1) is 20.8 Å². The summed E-state index contributed by atoms with van der Waals surface area (Å²) in [6, 6.07) is 19.9. The normalized spacial score (nSPS) is 10.7. The fraction of sp³-hybridized carbons (Fsp3) is 0.515. The molecule has 0 aromatic heterocycles. The largest absolute Gasteiger partial charge is 0.207 e. The van der Waals surface area contributed by atoms with Crippen LogP contribution in [0.25, 0.3) is 0 Å². The van der Waals surface area contributed by atoms with Gasteiger partial charge in [-0.3, -0.25) is 0 Å². The van der Waals surface area contributed by atoms with Gasteiger partial charge in [0, 0.05) is 0 Å². The zero-order valence-corrected chi connectivity index (χ0v) is 29.6. The third-order valence-electron chi connectivity index (χ3n) is 5.32. The van der Waals surface area contributed by atoms with Gasteiger partial charge in [0.1, 0.15) is 0 Å². The van der Waals surface area contributed by atoms with E-state index in [2.05, 4.69) is 152 Å². The molecule has 0 unspecified atom stereocenters. The average Bonchev–Trinajstić information content (AvgIpc) is 3.35. The van der Waals surface area contributed by atoms with Gasteiger partial charge in [0.15, 0.2) is 0 Å². The van der Waals surface area contributed by atoms with E-state index in [-0.39, 0.29) is 24.8 Å². The van der Waals surface area contributed by atoms with Gasteiger partial charge in [-0.05, 0) is 0 Å².